The van der Waals surface area contributed by atoms with Gasteiger partial charge in [0.2, 0.25) is 11.8 Å². The van der Waals surface area contributed by atoms with Crippen LogP contribution in [0.25, 0.3) is 0 Å². The van der Waals surface area contributed by atoms with Gasteiger partial charge in [0, 0.05) is 13.1 Å². The maximum atomic E-state index is 13.6. The lowest BCUT2D eigenvalue weighted by molar-refractivity contribution is -0.139. The number of amides is 2. The molecule has 2 fully saturated rings. The molecule has 60 heavy (non-hydrogen) atoms. The molecule has 0 aromatic heterocycles. The summed E-state index contributed by atoms with van der Waals surface area (Å²) in [4.78, 5) is 27.2. The Balaban J connectivity index is 0.707. The van der Waals surface area contributed by atoms with Crippen molar-refractivity contribution in [3.8, 4) is 11.5 Å². The van der Waals surface area contributed by atoms with Crippen LogP contribution in [-0.4, -0.2) is 61.3 Å². The summed E-state index contributed by atoms with van der Waals surface area (Å²) in [5.41, 5.74) is 4.37. The van der Waals surface area contributed by atoms with Gasteiger partial charge in [0.25, 0.3) is 0 Å². The van der Waals surface area contributed by atoms with Crippen LogP contribution in [0.15, 0.2) is 36.4 Å². The summed E-state index contributed by atoms with van der Waals surface area (Å²) in [6, 6.07) is 11.7. The number of rotatable bonds is 23. The van der Waals surface area contributed by atoms with E-state index < -0.39 is 0 Å². The molecule has 6 atom stereocenters. The molecule has 6 N–H and O–H groups in total. The van der Waals surface area contributed by atoms with Crippen molar-refractivity contribution in [3.63, 3.8) is 0 Å². The third-order valence-corrected chi connectivity index (χ3v) is 16.3. The van der Waals surface area contributed by atoms with Crippen LogP contribution in [0.2, 0.25) is 0 Å². The number of carbonyl (C=O) groups excluding carboxylic acids is 2. The number of benzene rings is 2. The maximum Gasteiger partial charge on any atom is 0.226 e. The van der Waals surface area contributed by atoms with Crippen molar-refractivity contribution in [2.75, 3.05) is 39.3 Å². The van der Waals surface area contributed by atoms with Gasteiger partial charge in [-0.1, -0.05) is 104 Å². The summed E-state index contributed by atoms with van der Waals surface area (Å²) >= 11 is 0. The predicted octanol–water partition coefficient (Wildman–Crippen LogP) is 9.91. The molecule has 8 nitrogen and oxygen atoms in total. The van der Waals surface area contributed by atoms with E-state index in [-0.39, 0.29) is 33.5 Å². The minimum atomic E-state index is -0.360. The number of phenols is 2. The zero-order valence-corrected chi connectivity index (χ0v) is 38.1. The smallest absolute Gasteiger partial charge is 0.226 e. The van der Waals surface area contributed by atoms with Crippen molar-refractivity contribution in [3.05, 3.63) is 58.7 Å². The molecule has 4 aliphatic carbocycles. The van der Waals surface area contributed by atoms with Crippen LogP contribution in [0.1, 0.15) is 178 Å². The number of hydrogen-bond donors (Lipinski definition) is 6. The van der Waals surface area contributed by atoms with E-state index in [0.29, 0.717) is 23.3 Å². The van der Waals surface area contributed by atoms with Crippen LogP contribution < -0.4 is 21.3 Å². The van der Waals surface area contributed by atoms with Crippen LogP contribution >= 0.6 is 0 Å². The number of aromatic hydroxyl groups is 2. The Labute approximate surface area is 363 Å². The molecule has 4 aliphatic rings. The fourth-order valence-electron chi connectivity index (χ4n) is 12.8. The Morgan fingerprint density at radius 3 is 1.28 bits per heavy atom. The van der Waals surface area contributed by atoms with Gasteiger partial charge in [0.1, 0.15) is 11.5 Å². The first-order chi connectivity index (χ1) is 28.9. The van der Waals surface area contributed by atoms with Crippen molar-refractivity contribution in [2.24, 2.45) is 22.7 Å². The fourth-order valence-corrected chi connectivity index (χ4v) is 12.8. The highest BCUT2D eigenvalue weighted by Crippen LogP contribution is 2.59. The predicted molar refractivity (Wildman–Crippen MR) is 246 cm³/mol. The van der Waals surface area contributed by atoms with Crippen LogP contribution in [0.5, 0.6) is 11.5 Å². The summed E-state index contributed by atoms with van der Waals surface area (Å²) in [6.07, 6.45) is 25.2. The largest absolute Gasteiger partial charge is 0.508 e. The molecule has 0 bridgehead atoms. The van der Waals surface area contributed by atoms with Crippen LogP contribution in [0, 0.1) is 22.7 Å². The van der Waals surface area contributed by atoms with E-state index >= 15 is 0 Å². The molecule has 0 aliphatic heterocycles. The van der Waals surface area contributed by atoms with Crippen LogP contribution in [-0.2, 0) is 33.3 Å². The van der Waals surface area contributed by atoms with Crippen LogP contribution in [0.4, 0.5) is 0 Å². The van der Waals surface area contributed by atoms with Crippen molar-refractivity contribution in [1.82, 2.24) is 21.3 Å². The highest BCUT2D eigenvalue weighted by Gasteiger charge is 2.56. The third-order valence-electron chi connectivity index (χ3n) is 16.3. The first-order valence-corrected chi connectivity index (χ1v) is 24.5. The Morgan fingerprint density at radius 1 is 0.517 bits per heavy atom. The number of fused-ring (bicyclic) bond motifs is 6. The topological polar surface area (TPSA) is 123 Å². The van der Waals surface area contributed by atoms with Gasteiger partial charge >= 0.3 is 0 Å². The molecule has 334 valence electrons. The molecule has 0 spiro atoms. The Hall–Kier alpha value is -3.10. The average Bonchev–Trinajstić information content (AvgIpc) is 3.22. The van der Waals surface area contributed by atoms with Crippen molar-refractivity contribution in [1.29, 1.82) is 0 Å². The van der Waals surface area contributed by atoms with E-state index in [0.717, 1.165) is 116 Å². The first kappa shape index (κ1) is 46.4. The standard InChI is InChI=1S/C52H82N4O4/c1-49-27-15-29-51(3,45(49)25-21-39-19-23-41(57)37-43(39)49)47(59)55-35-17-33-53-31-13-11-9-7-5-6-8-10-12-14-32-54-34-18-36-56-48(60)52(4)30-16-28-50(2)44-38-42(58)24-20-40(44)22-26-46(50)52/h19-20,23-24,37-38,45-46,53-54,57-58H,5-18,21-22,25-36H2,1-4H3,(H,55,59)(H,56,60)/t45-,46-,49-,50-,51+,52+/m1/s1. The van der Waals surface area contributed by atoms with E-state index in [1.54, 1.807) is 12.1 Å². The van der Waals surface area contributed by atoms with E-state index in [9.17, 15) is 19.8 Å². The average molecular weight is 827 g/mol. The summed E-state index contributed by atoms with van der Waals surface area (Å²) in [5.74, 6) is 1.71. The molecule has 8 heteroatoms. The second-order valence-corrected chi connectivity index (χ2v) is 20.5. The van der Waals surface area contributed by atoms with E-state index in [4.69, 9.17) is 0 Å². The zero-order valence-electron chi connectivity index (χ0n) is 38.1. The summed E-state index contributed by atoms with van der Waals surface area (Å²) < 4.78 is 0. The van der Waals surface area contributed by atoms with Crippen LogP contribution in [0.3, 0.4) is 0 Å². The van der Waals surface area contributed by atoms with Gasteiger partial charge < -0.3 is 31.5 Å². The Kier molecular flexibility index (Phi) is 16.5. The number of phenolic OH excluding ortho intramolecular Hbond substituents is 2. The van der Waals surface area contributed by atoms with E-state index in [1.807, 2.05) is 12.1 Å². The lowest BCUT2D eigenvalue weighted by atomic mass is 9.49. The molecule has 6 rings (SSSR count). The zero-order chi connectivity index (χ0) is 42.6. The minimum absolute atomic E-state index is 0.0575. The first-order valence-electron chi connectivity index (χ1n) is 24.5. The highest BCUT2D eigenvalue weighted by atomic mass is 16.3. The van der Waals surface area contributed by atoms with Crippen molar-refractivity contribution in [2.45, 2.75) is 180 Å². The van der Waals surface area contributed by atoms with Gasteiger partial charge in [-0.25, -0.2) is 0 Å². The quantitative estimate of drug-likeness (QED) is 0.0621. The van der Waals surface area contributed by atoms with Gasteiger partial charge in [-0.15, -0.1) is 0 Å². The third kappa shape index (κ3) is 10.7. The highest BCUT2D eigenvalue weighted by molar-refractivity contribution is 5.83. The van der Waals surface area contributed by atoms with E-state index in [2.05, 4.69) is 61.1 Å². The molecule has 2 aromatic rings. The summed E-state index contributed by atoms with van der Waals surface area (Å²) in [5, 5.41) is 34.3. The van der Waals surface area contributed by atoms with Gasteiger partial charge in [-0.3, -0.25) is 9.59 Å². The van der Waals surface area contributed by atoms with Gasteiger partial charge in [-0.2, -0.15) is 0 Å². The van der Waals surface area contributed by atoms with Gasteiger partial charge in [0.05, 0.1) is 10.8 Å². The number of hydrogen-bond acceptors (Lipinski definition) is 6. The monoisotopic (exact) mass is 827 g/mol. The Bertz CT molecular complexity index is 1590. The van der Waals surface area contributed by atoms with Crippen molar-refractivity contribution >= 4 is 11.8 Å². The molecule has 0 heterocycles. The lowest BCUT2D eigenvalue weighted by Gasteiger charge is -2.54. The number of nitrogens with one attached hydrogen (secondary N) is 4. The molecular weight excluding hydrogens is 745 g/mol. The summed E-state index contributed by atoms with van der Waals surface area (Å²) in [6.45, 7) is 14.5. The normalized spacial score (nSPS) is 28.2. The molecule has 0 radical (unpaired) electrons. The second kappa shape index (κ2) is 21.3. The lowest BCUT2D eigenvalue weighted by Crippen LogP contribution is -2.55. The van der Waals surface area contributed by atoms with Crippen molar-refractivity contribution < 1.29 is 19.8 Å². The van der Waals surface area contributed by atoms with Gasteiger partial charge in [0.15, 0.2) is 0 Å². The molecule has 0 saturated heterocycles. The number of aryl methyl sites for hydroxylation is 2. The molecular formula is C52H82N4O4. The number of unbranched alkanes of at least 4 members (excludes halogenated alkanes) is 9. The molecule has 2 aromatic carbocycles. The SMILES string of the molecule is C[C@]1(C(=O)NCCCNCCCCCCCCCCCCNCCCNC(=O)[C@@]2(C)CCC[C@]3(C)c4cc(O)ccc4CC[C@@H]23)CCC[C@]2(C)c3cc(O)ccc3CC[C@@H]12. The minimum Gasteiger partial charge on any atom is -0.508 e. The van der Waals surface area contributed by atoms with Gasteiger partial charge in [-0.05, 0) is 172 Å². The molecule has 2 amide bonds. The Morgan fingerprint density at radius 2 is 0.883 bits per heavy atom. The van der Waals surface area contributed by atoms with E-state index in [1.165, 1.54) is 86.5 Å². The fraction of sp³-hybridized carbons (Fsp3) is 0.731. The number of carbonyl (C=O) groups is 2. The maximum absolute atomic E-state index is 13.6. The molecule has 0 unspecified atom stereocenters. The second-order valence-electron chi connectivity index (χ2n) is 20.5. The summed E-state index contributed by atoms with van der Waals surface area (Å²) in [7, 11) is 0. The molecule has 2 saturated carbocycles.